The number of rotatable bonds is 4. The fraction of sp³-hybridized carbons (Fsp3) is 0.886. The van der Waals surface area contributed by atoms with Crippen LogP contribution in [0.15, 0.2) is 11.6 Å². The van der Waals surface area contributed by atoms with Crippen LogP contribution in [-0.4, -0.2) is 46.7 Å². The van der Waals surface area contributed by atoms with Crippen LogP contribution in [0.2, 0.25) is 0 Å². The Kier molecular flexibility index (Phi) is 7.01. The predicted octanol–water partition coefficient (Wildman–Crippen LogP) is 7.33. The number of hydrogen-bond donors (Lipinski definition) is 2. The Morgan fingerprint density at radius 2 is 1.60 bits per heavy atom. The summed E-state index contributed by atoms with van der Waals surface area (Å²) in [6.45, 7) is 19.3. The minimum Gasteiger partial charge on any atom is -0.481 e. The predicted molar refractivity (Wildman–Crippen MR) is 159 cm³/mol. The highest BCUT2D eigenvalue weighted by molar-refractivity contribution is 5.79. The summed E-state index contributed by atoms with van der Waals surface area (Å²) in [6.07, 6.45) is 11.1. The molecule has 5 rings (SSSR count). The van der Waals surface area contributed by atoms with Gasteiger partial charge in [0.1, 0.15) is 0 Å². The van der Waals surface area contributed by atoms with Crippen LogP contribution < -0.4 is 0 Å². The minimum atomic E-state index is -0.637. The Balaban J connectivity index is 1.58. The summed E-state index contributed by atoms with van der Waals surface area (Å²) in [7, 11) is 1.89. The molecule has 0 unspecified atom stereocenters. The number of aliphatic hydroxyl groups excluding tert-OH is 1. The molecule has 40 heavy (non-hydrogen) atoms. The van der Waals surface area contributed by atoms with E-state index in [2.05, 4.69) is 61.5 Å². The average Bonchev–Trinajstić information content (AvgIpc) is 2.86. The quantitative estimate of drug-likeness (QED) is 0.356. The van der Waals surface area contributed by atoms with Gasteiger partial charge in [0, 0.05) is 13.6 Å². The third-order valence-electron chi connectivity index (χ3n) is 14.3. The Bertz CT molecular complexity index is 1090. The molecule has 4 saturated carbocycles. The van der Waals surface area contributed by atoms with Gasteiger partial charge < -0.3 is 15.1 Å². The Morgan fingerprint density at radius 3 is 2.23 bits per heavy atom. The second-order valence-corrected chi connectivity index (χ2v) is 17.0. The number of allylic oxidation sites excluding steroid dienone is 2. The molecule has 0 aromatic carbocycles. The van der Waals surface area contributed by atoms with Gasteiger partial charge in [-0.3, -0.25) is 9.59 Å². The number of aliphatic carboxylic acids is 1. The molecule has 0 bridgehead atoms. The number of hydrogen-bond acceptors (Lipinski definition) is 3. The summed E-state index contributed by atoms with van der Waals surface area (Å²) >= 11 is 0. The second kappa shape index (κ2) is 9.32. The van der Waals surface area contributed by atoms with Crippen LogP contribution in [0.4, 0.5) is 0 Å². The summed E-state index contributed by atoms with van der Waals surface area (Å²) in [5.74, 6) is -0.00108. The summed E-state index contributed by atoms with van der Waals surface area (Å²) < 4.78 is 0. The molecule has 1 amide bonds. The molecule has 2 N–H and O–H groups in total. The largest absolute Gasteiger partial charge is 0.481 e. The number of amides is 1. The molecule has 0 aromatic rings. The number of aliphatic hydroxyl groups is 1. The molecule has 0 saturated heterocycles. The van der Waals surface area contributed by atoms with Crippen molar-refractivity contribution in [1.29, 1.82) is 0 Å². The lowest BCUT2D eigenvalue weighted by molar-refractivity contribution is -0.221. The third-order valence-corrected chi connectivity index (χ3v) is 14.3. The first kappa shape index (κ1) is 30.1. The van der Waals surface area contributed by atoms with Crippen LogP contribution in [0, 0.1) is 56.2 Å². The van der Waals surface area contributed by atoms with Crippen LogP contribution in [0.25, 0.3) is 0 Å². The molecule has 5 aliphatic carbocycles. The normalized spacial score (nSPS) is 47.0. The molecule has 226 valence electrons. The highest BCUT2D eigenvalue weighted by Gasteiger charge is 2.70. The van der Waals surface area contributed by atoms with Crippen molar-refractivity contribution in [2.24, 2.45) is 56.2 Å². The Hall–Kier alpha value is -1.36. The van der Waals surface area contributed by atoms with Crippen molar-refractivity contribution in [2.45, 2.75) is 126 Å². The first-order valence-electron chi connectivity index (χ1n) is 16.3. The first-order valence-corrected chi connectivity index (χ1v) is 16.3. The lowest BCUT2D eigenvalue weighted by Gasteiger charge is -2.71. The Morgan fingerprint density at radius 1 is 0.950 bits per heavy atom. The van der Waals surface area contributed by atoms with Crippen LogP contribution in [0.1, 0.15) is 120 Å². The second-order valence-electron chi connectivity index (χ2n) is 17.0. The van der Waals surface area contributed by atoms with Gasteiger partial charge in [0.2, 0.25) is 5.91 Å². The van der Waals surface area contributed by atoms with Gasteiger partial charge in [-0.2, -0.15) is 0 Å². The molecule has 5 aliphatic rings. The number of carboxylic acid groups (broad SMARTS) is 1. The van der Waals surface area contributed by atoms with E-state index in [0.717, 1.165) is 70.8 Å². The number of carbonyl (C=O) groups is 2. The van der Waals surface area contributed by atoms with Crippen LogP contribution in [0.3, 0.4) is 0 Å². The molecular formula is C35H57NO4. The first-order chi connectivity index (χ1) is 18.4. The van der Waals surface area contributed by atoms with E-state index in [0.29, 0.717) is 11.8 Å². The van der Waals surface area contributed by atoms with Gasteiger partial charge in [-0.1, -0.05) is 67.0 Å². The van der Waals surface area contributed by atoms with Gasteiger partial charge in [0.25, 0.3) is 0 Å². The van der Waals surface area contributed by atoms with Crippen molar-refractivity contribution in [3.63, 3.8) is 0 Å². The van der Waals surface area contributed by atoms with Crippen molar-refractivity contribution in [3.05, 3.63) is 11.6 Å². The zero-order valence-electron chi connectivity index (χ0n) is 26.9. The van der Waals surface area contributed by atoms with Crippen molar-refractivity contribution in [2.75, 3.05) is 13.6 Å². The van der Waals surface area contributed by atoms with Gasteiger partial charge in [-0.25, -0.2) is 0 Å². The average molecular weight is 556 g/mol. The molecule has 0 radical (unpaired) electrons. The highest BCUT2D eigenvalue weighted by Crippen LogP contribution is 2.76. The molecule has 0 aromatic heterocycles. The SMILES string of the molecule is CCCN(C)C(=O)[C@@H]1C[C@]2(C)[C@H]3CC=C4[C@@H]5CC(C)(C)CC[C@]5(C(=O)O)CC[C@@]4(C)[C@]3(C)CC[C@H]2C(C)(C)[C@H]1O. The molecule has 5 heteroatoms. The monoisotopic (exact) mass is 555 g/mol. The van der Waals surface area contributed by atoms with Crippen molar-refractivity contribution < 1.29 is 19.8 Å². The van der Waals surface area contributed by atoms with Crippen molar-refractivity contribution >= 4 is 11.9 Å². The van der Waals surface area contributed by atoms with E-state index in [1.54, 1.807) is 0 Å². The molecule has 0 aliphatic heterocycles. The maximum atomic E-state index is 13.7. The van der Waals surface area contributed by atoms with Gasteiger partial charge in [0.05, 0.1) is 17.4 Å². The van der Waals surface area contributed by atoms with Gasteiger partial charge in [-0.05, 0) is 109 Å². The zero-order valence-corrected chi connectivity index (χ0v) is 26.9. The van der Waals surface area contributed by atoms with E-state index in [-0.39, 0.29) is 44.8 Å². The van der Waals surface area contributed by atoms with Crippen LogP contribution >= 0.6 is 0 Å². The summed E-state index contributed by atoms with van der Waals surface area (Å²) in [5, 5.41) is 22.3. The fourth-order valence-electron chi connectivity index (χ4n) is 11.8. The van der Waals surface area contributed by atoms with Crippen LogP contribution in [0.5, 0.6) is 0 Å². The van der Waals surface area contributed by atoms with E-state index in [1.165, 1.54) is 5.57 Å². The van der Waals surface area contributed by atoms with E-state index in [9.17, 15) is 19.8 Å². The number of nitrogens with zero attached hydrogens (tertiary/aromatic N) is 1. The van der Waals surface area contributed by atoms with Gasteiger partial charge in [-0.15, -0.1) is 0 Å². The number of fused-ring (bicyclic) bond motifs is 7. The maximum Gasteiger partial charge on any atom is 0.310 e. The molecule has 9 atom stereocenters. The highest BCUT2D eigenvalue weighted by atomic mass is 16.4. The molecule has 4 fully saturated rings. The summed E-state index contributed by atoms with van der Waals surface area (Å²) in [4.78, 5) is 28.5. The van der Waals surface area contributed by atoms with Crippen molar-refractivity contribution in [1.82, 2.24) is 4.90 Å². The standard InChI is InChI=1S/C35H57NO4/c1-10-19-36(9)28(38)22-20-32(6)25(31(4,5)27(22)37)13-14-34(8)26(32)12-11-23-24-21-30(2,3)15-17-35(24,29(39)40)18-16-33(23,34)7/h11,22,24-27,37H,10,12-21H2,1-9H3,(H,39,40)/t22-,24+,25+,26-,27+,32+,33-,34-,35+/m1/s1. The van der Waals surface area contributed by atoms with E-state index >= 15 is 0 Å². The lowest BCUT2D eigenvalue weighted by Crippen LogP contribution is -2.67. The molecule has 0 spiro atoms. The topological polar surface area (TPSA) is 77.8 Å². The molecule has 0 heterocycles. The summed E-state index contributed by atoms with van der Waals surface area (Å²) in [6, 6.07) is 0. The number of carbonyl (C=O) groups excluding carboxylic acids is 1. The minimum absolute atomic E-state index is 0.0376. The smallest absolute Gasteiger partial charge is 0.310 e. The van der Waals surface area contributed by atoms with Gasteiger partial charge >= 0.3 is 5.97 Å². The van der Waals surface area contributed by atoms with E-state index < -0.39 is 17.5 Å². The number of carboxylic acids is 1. The zero-order chi connectivity index (χ0) is 29.7. The summed E-state index contributed by atoms with van der Waals surface area (Å²) in [5.41, 5.74) is 0.567. The third kappa shape index (κ3) is 3.87. The fourth-order valence-corrected chi connectivity index (χ4v) is 11.8. The lowest BCUT2D eigenvalue weighted by atomic mass is 9.33. The van der Waals surface area contributed by atoms with Gasteiger partial charge in [0.15, 0.2) is 0 Å². The van der Waals surface area contributed by atoms with Crippen molar-refractivity contribution in [3.8, 4) is 0 Å². The maximum absolute atomic E-state index is 13.7. The van der Waals surface area contributed by atoms with Crippen LogP contribution in [-0.2, 0) is 9.59 Å². The van der Waals surface area contributed by atoms with E-state index in [1.807, 2.05) is 11.9 Å². The molecular weight excluding hydrogens is 498 g/mol. The van der Waals surface area contributed by atoms with E-state index in [4.69, 9.17) is 0 Å². The molecule has 5 nitrogen and oxygen atoms in total. The Labute approximate surface area is 243 Å².